The number of pyridine rings is 1. The molecule has 0 spiro atoms. The number of fused-ring (bicyclic) bond motifs is 1. The van der Waals surface area contributed by atoms with E-state index in [1.807, 2.05) is 13.0 Å². The molecule has 0 aliphatic carbocycles. The van der Waals surface area contributed by atoms with Crippen molar-refractivity contribution in [3.05, 3.63) is 42.4 Å². The topological polar surface area (TPSA) is 83.7 Å². The van der Waals surface area contributed by atoms with E-state index >= 15 is 0 Å². The Hall–Kier alpha value is -3.13. The molecular formula is C20H23N5O3. The summed E-state index contributed by atoms with van der Waals surface area (Å²) >= 11 is 0. The van der Waals surface area contributed by atoms with Crippen molar-refractivity contribution in [2.75, 3.05) is 44.8 Å². The lowest BCUT2D eigenvalue weighted by molar-refractivity contribution is -0.134. The van der Waals surface area contributed by atoms with E-state index in [-0.39, 0.29) is 5.91 Å². The minimum atomic E-state index is -0.423. The fourth-order valence-corrected chi connectivity index (χ4v) is 3.65. The molecule has 146 valence electrons. The third kappa shape index (κ3) is 3.27. The molecule has 4 rings (SSSR count). The lowest BCUT2D eigenvalue weighted by atomic mass is 10.2. The summed E-state index contributed by atoms with van der Waals surface area (Å²) in [7, 11) is 1.60. The first kappa shape index (κ1) is 18.2. The average Bonchev–Trinajstić information content (AvgIpc) is 3.08. The minimum absolute atomic E-state index is 0.206. The number of nitrogens with zero attached hydrogens (tertiary/aromatic N) is 5. The zero-order chi connectivity index (χ0) is 19.7. The van der Waals surface area contributed by atoms with Gasteiger partial charge in [-0.05, 0) is 31.2 Å². The van der Waals surface area contributed by atoms with E-state index in [0.29, 0.717) is 19.0 Å². The third-order valence-corrected chi connectivity index (χ3v) is 5.13. The largest absolute Gasteiger partial charge is 0.481 e. The first-order valence-electron chi connectivity index (χ1n) is 9.24. The van der Waals surface area contributed by atoms with E-state index < -0.39 is 6.61 Å². The van der Waals surface area contributed by atoms with Gasteiger partial charge in [0.1, 0.15) is 17.9 Å². The Morgan fingerprint density at radius 1 is 1.14 bits per heavy atom. The predicted molar refractivity (Wildman–Crippen MR) is 106 cm³/mol. The molecule has 1 aliphatic heterocycles. The number of amides is 1. The molecule has 3 heterocycles. The van der Waals surface area contributed by atoms with E-state index in [9.17, 15) is 4.79 Å². The number of hydrogen-bond donors (Lipinski definition) is 1. The number of imidazole rings is 1. The van der Waals surface area contributed by atoms with Crippen molar-refractivity contribution < 1.29 is 14.6 Å². The number of aryl methyl sites for hydroxylation is 1. The van der Waals surface area contributed by atoms with Gasteiger partial charge in [0.05, 0.1) is 18.8 Å². The quantitative estimate of drug-likeness (QED) is 0.735. The van der Waals surface area contributed by atoms with E-state index in [1.165, 1.54) is 0 Å². The van der Waals surface area contributed by atoms with Gasteiger partial charge in [-0.25, -0.2) is 9.97 Å². The maximum absolute atomic E-state index is 11.6. The zero-order valence-electron chi connectivity index (χ0n) is 16.0. The van der Waals surface area contributed by atoms with Crippen LogP contribution in [-0.2, 0) is 4.79 Å². The number of aromatic nitrogens is 3. The molecular weight excluding hydrogens is 358 g/mol. The van der Waals surface area contributed by atoms with Crippen LogP contribution in [0.2, 0.25) is 0 Å². The molecule has 0 saturated carbocycles. The van der Waals surface area contributed by atoms with Gasteiger partial charge in [-0.2, -0.15) is 0 Å². The molecule has 1 aromatic carbocycles. The van der Waals surface area contributed by atoms with Crippen LogP contribution in [0.3, 0.4) is 0 Å². The van der Waals surface area contributed by atoms with Gasteiger partial charge in [0.2, 0.25) is 11.8 Å². The average molecular weight is 381 g/mol. The van der Waals surface area contributed by atoms with Gasteiger partial charge in [0.25, 0.3) is 0 Å². The van der Waals surface area contributed by atoms with Crippen LogP contribution in [-0.4, -0.2) is 70.3 Å². The molecule has 28 heavy (non-hydrogen) atoms. The summed E-state index contributed by atoms with van der Waals surface area (Å²) in [4.78, 5) is 24.4. The van der Waals surface area contributed by atoms with Crippen molar-refractivity contribution in [3.8, 4) is 11.6 Å². The van der Waals surface area contributed by atoms with Gasteiger partial charge < -0.3 is 19.6 Å². The summed E-state index contributed by atoms with van der Waals surface area (Å²) in [5.74, 6) is 1.23. The monoisotopic (exact) mass is 381 g/mol. The van der Waals surface area contributed by atoms with Crippen molar-refractivity contribution in [3.63, 3.8) is 0 Å². The number of benzene rings is 1. The molecule has 1 N–H and O–H groups in total. The first-order valence-corrected chi connectivity index (χ1v) is 9.24. The molecule has 1 fully saturated rings. The molecule has 0 atom stereocenters. The SMILES string of the molecule is COc1cc2c(cn1)nc(C)n2-c1ccc(N2CCN(C(=O)CO)CC2)cc1. The molecule has 1 saturated heterocycles. The summed E-state index contributed by atoms with van der Waals surface area (Å²) in [5, 5.41) is 9.00. The Kier molecular flexibility index (Phi) is 4.87. The number of methoxy groups -OCH3 is 1. The highest BCUT2D eigenvalue weighted by Crippen LogP contribution is 2.25. The number of ether oxygens (including phenoxy) is 1. The Labute approximate surface area is 163 Å². The molecule has 1 amide bonds. The molecule has 1 aliphatic rings. The number of aliphatic hydroxyl groups excluding tert-OH is 1. The maximum Gasteiger partial charge on any atom is 0.248 e. The van der Waals surface area contributed by atoms with Gasteiger partial charge in [0, 0.05) is 43.6 Å². The van der Waals surface area contributed by atoms with Crippen molar-refractivity contribution in [2.24, 2.45) is 0 Å². The summed E-state index contributed by atoms with van der Waals surface area (Å²) < 4.78 is 7.34. The fourth-order valence-electron chi connectivity index (χ4n) is 3.65. The van der Waals surface area contributed by atoms with Crippen LogP contribution in [0.1, 0.15) is 5.82 Å². The van der Waals surface area contributed by atoms with Crippen molar-refractivity contribution in [1.82, 2.24) is 19.4 Å². The van der Waals surface area contributed by atoms with E-state index in [1.54, 1.807) is 18.2 Å². The van der Waals surface area contributed by atoms with Crippen LogP contribution in [0, 0.1) is 6.92 Å². The van der Waals surface area contributed by atoms with Crippen LogP contribution < -0.4 is 9.64 Å². The number of carbonyl (C=O) groups excluding carboxylic acids is 1. The van der Waals surface area contributed by atoms with Gasteiger partial charge in [-0.15, -0.1) is 0 Å². The van der Waals surface area contributed by atoms with Gasteiger partial charge in [0.15, 0.2) is 0 Å². The first-order chi connectivity index (χ1) is 13.6. The third-order valence-electron chi connectivity index (χ3n) is 5.13. The minimum Gasteiger partial charge on any atom is -0.481 e. The van der Waals surface area contributed by atoms with Crippen LogP contribution >= 0.6 is 0 Å². The predicted octanol–water partition coefficient (Wildman–Crippen LogP) is 1.38. The summed E-state index contributed by atoms with van der Waals surface area (Å²) in [5.41, 5.74) is 3.91. The van der Waals surface area contributed by atoms with E-state index in [0.717, 1.165) is 41.3 Å². The van der Waals surface area contributed by atoms with Gasteiger partial charge in [-0.1, -0.05) is 0 Å². The second-order valence-electron chi connectivity index (χ2n) is 6.75. The number of anilines is 1. The molecule has 3 aromatic rings. The van der Waals surface area contributed by atoms with Crippen LogP contribution in [0.25, 0.3) is 16.7 Å². The lowest BCUT2D eigenvalue weighted by Crippen LogP contribution is -2.49. The number of carbonyl (C=O) groups is 1. The van der Waals surface area contributed by atoms with Gasteiger partial charge in [-0.3, -0.25) is 9.36 Å². The summed E-state index contributed by atoms with van der Waals surface area (Å²) in [6.45, 7) is 4.30. The van der Waals surface area contributed by atoms with Crippen LogP contribution in [0.15, 0.2) is 36.5 Å². The van der Waals surface area contributed by atoms with Crippen molar-refractivity contribution in [1.29, 1.82) is 0 Å². The molecule has 0 unspecified atom stereocenters. The van der Waals surface area contributed by atoms with Crippen molar-refractivity contribution >= 4 is 22.6 Å². The second kappa shape index (κ2) is 7.47. The molecule has 8 nitrogen and oxygen atoms in total. The van der Waals surface area contributed by atoms with Gasteiger partial charge >= 0.3 is 0 Å². The summed E-state index contributed by atoms with van der Waals surface area (Å²) in [6, 6.07) is 10.2. The highest BCUT2D eigenvalue weighted by Gasteiger charge is 2.20. The smallest absolute Gasteiger partial charge is 0.248 e. The van der Waals surface area contributed by atoms with E-state index in [2.05, 4.69) is 43.7 Å². The van der Waals surface area contributed by atoms with Crippen molar-refractivity contribution in [2.45, 2.75) is 6.92 Å². The van der Waals surface area contributed by atoms with Crippen LogP contribution in [0.4, 0.5) is 5.69 Å². The summed E-state index contributed by atoms with van der Waals surface area (Å²) in [6.07, 6.45) is 1.72. The second-order valence-corrected chi connectivity index (χ2v) is 6.75. The number of hydrogen-bond acceptors (Lipinski definition) is 6. The maximum atomic E-state index is 11.6. The zero-order valence-corrected chi connectivity index (χ0v) is 16.0. The Balaban J connectivity index is 1.57. The van der Waals surface area contributed by atoms with E-state index in [4.69, 9.17) is 9.84 Å². The Morgan fingerprint density at radius 3 is 2.46 bits per heavy atom. The number of piperazine rings is 1. The standard InChI is InChI=1S/C20H23N5O3/c1-14-22-17-12-21-19(28-2)11-18(17)25(14)16-5-3-15(4-6-16)23-7-9-24(10-8-23)20(27)13-26/h3-6,11-12,26H,7-10,13H2,1-2H3. The Morgan fingerprint density at radius 2 is 1.82 bits per heavy atom. The highest BCUT2D eigenvalue weighted by molar-refractivity contribution is 5.79. The Bertz CT molecular complexity index is 991. The van der Waals surface area contributed by atoms with Crippen LogP contribution in [0.5, 0.6) is 5.88 Å². The molecule has 0 bridgehead atoms. The number of rotatable bonds is 4. The molecule has 2 aromatic heterocycles. The highest BCUT2D eigenvalue weighted by atomic mass is 16.5. The fraction of sp³-hybridized carbons (Fsp3) is 0.350. The molecule has 0 radical (unpaired) electrons. The normalized spacial score (nSPS) is 14.5. The number of aliphatic hydroxyl groups is 1. The lowest BCUT2D eigenvalue weighted by Gasteiger charge is -2.36. The molecule has 8 heteroatoms.